The molecule has 2 aliphatic rings. The molecule has 180 valence electrons. The van der Waals surface area contributed by atoms with Crippen molar-refractivity contribution in [1.82, 2.24) is 15.5 Å². The van der Waals surface area contributed by atoms with Crippen LogP contribution in [0.25, 0.3) is 0 Å². The number of ether oxygens (including phenoxy) is 1. The maximum absolute atomic E-state index is 13.3. The number of aromatic nitrogens is 2. The Labute approximate surface area is 199 Å². The van der Waals surface area contributed by atoms with Crippen LogP contribution in [-0.2, 0) is 9.53 Å². The molecule has 1 fully saturated rings. The highest BCUT2D eigenvalue weighted by atomic mass is 35.5. The fraction of sp³-hybridized carbons (Fsp3) is 0.409. The Balaban J connectivity index is 1.32. The van der Waals surface area contributed by atoms with Gasteiger partial charge in [0.25, 0.3) is 0 Å². The number of rotatable bonds is 6. The Kier molecular flexibility index (Phi) is 7.11. The van der Waals surface area contributed by atoms with Crippen molar-refractivity contribution in [2.45, 2.75) is 45.1 Å². The normalized spacial score (nSPS) is 22.4. The van der Waals surface area contributed by atoms with Crippen molar-refractivity contribution in [3.63, 3.8) is 0 Å². The number of carboxylic acids is 1. The number of nitrogens with zero attached hydrogens (tertiary/aromatic N) is 3. The highest BCUT2D eigenvalue weighted by molar-refractivity contribution is 6.31. The molecule has 2 aromatic rings. The van der Waals surface area contributed by atoms with Crippen LogP contribution in [0.4, 0.5) is 16.1 Å². The first-order valence-electron chi connectivity index (χ1n) is 10.8. The quantitative estimate of drug-likeness (QED) is 0.544. The van der Waals surface area contributed by atoms with Crippen LogP contribution in [0.15, 0.2) is 39.5 Å². The second kappa shape index (κ2) is 10.2. The summed E-state index contributed by atoms with van der Waals surface area (Å²) in [6.07, 6.45) is 4.51. The van der Waals surface area contributed by atoms with Gasteiger partial charge in [-0.1, -0.05) is 23.6 Å². The zero-order chi connectivity index (χ0) is 24.2. The van der Waals surface area contributed by atoms with Crippen molar-refractivity contribution in [3.8, 4) is 0 Å². The predicted molar refractivity (Wildman–Crippen MR) is 120 cm³/mol. The Morgan fingerprint density at radius 3 is 2.68 bits per heavy atom. The molecule has 1 aliphatic carbocycles. The number of hydrogen-bond donors (Lipinski definition) is 3. The molecule has 1 aliphatic heterocycles. The lowest BCUT2D eigenvalue weighted by Crippen LogP contribution is -2.32. The molecule has 34 heavy (non-hydrogen) atoms. The van der Waals surface area contributed by atoms with Crippen LogP contribution in [0.2, 0.25) is 5.02 Å². The van der Waals surface area contributed by atoms with Crippen LogP contribution in [0.1, 0.15) is 49.7 Å². The predicted octanol–water partition coefficient (Wildman–Crippen LogP) is 4.28. The monoisotopic (exact) mass is 491 g/mol. The summed E-state index contributed by atoms with van der Waals surface area (Å²) in [4.78, 5) is 27.9. The van der Waals surface area contributed by atoms with Crippen LogP contribution >= 0.6 is 11.6 Å². The first-order valence-corrected chi connectivity index (χ1v) is 11.2. The third-order valence-corrected chi connectivity index (χ3v) is 6.02. The Morgan fingerprint density at radius 2 is 2.00 bits per heavy atom. The molecule has 1 saturated carbocycles. The smallest absolute Gasteiger partial charge is 0.320 e. The van der Waals surface area contributed by atoms with Crippen molar-refractivity contribution in [2.24, 2.45) is 16.8 Å². The minimum atomic E-state index is -0.755. The maximum Gasteiger partial charge on any atom is 0.320 e. The van der Waals surface area contributed by atoms with Gasteiger partial charge in [0.15, 0.2) is 5.90 Å². The van der Waals surface area contributed by atoms with Gasteiger partial charge in [-0.2, -0.15) is 0 Å². The SMILES string of the molecule is CC1CC(OC2CCC(C(=O)O)CC2)=NC=C1NC(=O)c1nnc(Nc2ccc(F)c(Cl)c2)o1. The second-order valence-corrected chi connectivity index (χ2v) is 8.67. The summed E-state index contributed by atoms with van der Waals surface area (Å²) >= 11 is 5.75. The fourth-order valence-corrected chi connectivity index (χ4v) is 3.98. The number of hydrogen-bond acceptors (Lipinski definition) is 8. The van der Waals surface area contributed by atoms with Gasteiger partial charge in [0.05, 0.1) is 17.1 Å². The number of aliphatic imine (C=N–C) groups is 1. The molecule has 1 atom stereocenters. The van der Waals surface area contributed by atoms with Gasteiger partial charge in [-0.25, -0.2) is 9.38 Å². The Morgan fingerprint density at radius 1 is 1.24 bits per heavy atom. The maximum atomic E-state index is 13.3. The van der Waals surface area contributed by atoms with Crippen molar-refractivity contribution in [1.29, 1.82) is 0 Å². The minimum Gasteiger partial charge on any atom is -0.481 e. The number of nitrogens with one attached hydrogen (secondary N) is 2. The Bertz CT molecular complexity index is 1140. The van der Waals surface area contributed by atoms with Crippen LogP contribution in [0.3, 0.4) is 0 Å². The molecule has 0 spiro atoms. The first-order chi connectivity index (χ1) is 16.3. The minimum absolute atomic E-state index is 0.0496. The summed E-state index contributed by atoms with van der Waals surface area (Å²) in [6, 6.07) is 3.93. The number of halogens is 2. The van der Waals surface area contributed by atoms with Crippen molar-refractivity contribution in [2.75, 3.05) is 5.32 Å². The van der Waals surface area contributed by atoms with Gasteiger partial charge in [0, 0.05) is 23.7 Å². The zero-order valence-electron chi connectivity index (χ0n) is 18.3. The highest BCUT2D eigenvalue weighted by Gasteiger charge is 2.29. The molecule has 12 heteroatoms. The number of amides is 1. The average molecular weight is 492 g/mol. The topological polar surface area (TPSA) is 139 Å². The van der Waals surface area contributed by atoms with Gasteiger partial charge in [-0.3, -0.25) is 9.59 Å². The van der Waals surface area contributed by atoms with Crippen molar-refractivity contribution < 1.29 is 28.2 Å². The van der Waals surface area contributed by atoms with Crippen molar-refractivity contribution in [3.05, 3.63) is 46.8 Å². The van der Waals surface area contributed by atoms with Crippen LogP contribution in [0.5, 0.6) is 0 Å². The van der Waals surface area contributed by atoms with E-state index in [0.717, 1.165) is 0 Å². The van der Waals surface area contributed by atoms with E-state index in [2.05, 4.69) is 25.8 Å². The molecule has 1 aromatic carbocycles. The van der Waals surface area contributed by atoms with Gasteiger partial charge in [-0.15, -0.1) is 5.10 Å². The third kappa shape index (κ3) is 5.71. The van der Waals surface area contributed by atoms with Gasteiger partial charge < -0.3 is 24.9 Å². The number of allylic oxidation sites excluding steroid dienone is 1. The average Bonchev–Trinajstić information content (AvgIpc) is 3.27. The number of carbonyl (C=O) groups is 2. The van der Waals surface area contributed by atoms with E-state index in [4.69, 9.17) is 25.9 Å². The zero-order valence-corrected chi connectivity index (χ0v) is 19.0. The molecule has 1 amide bonds. The molecule has 3 N–H and O–H groups in total. The Hall–Kier alpha value is -3.47. The summed E-state index contributed by atoms with van der Waals surface area (Å²) in [5.41, 5.74) is 0.994. The first kappa shape index (κ1) is 23.7. The number of benzene rings is 1. The molecular formula is C22H23ClFN5O5. The van der Waals surface area contributed by atoms with Gasteiger partial charge in [0.1, 0.15) is 11.9 Å². The summed E-state index contributed by atoms with van der Waals surface area (Å²) in [5, 5.41) is 22.0. The highest BCUT2D eigenvalue weighted by Crippen LogP contribution is 2.28. The molecule has 2 heterocycles. The molecule has 0 saturated heterocycles. The van der Waals surface area contributed by atoms with E-state index in [1.54, 1.807) is 0 Å². The number of carboxylic acid groups (broad SMARTS) is 1. The third-order valence-electron chi connectivity index (χ3n) is 5.73. The lowest BCUT2D eigenvalue weighted by Gasteiger charge is -2.29. The van der Waals surface area contributed by atoms with E-state index in [-0.39, 0.29) is 34.9 Å². The van der Waals surface area contributed by atoms with Crippen LogP contribution in [-0.4, -0.2) is 39.2 Å². The van der Waals surface area contributed by atoms with E-state index >= 15 is 0 Å². The molecule has 0 bridgehead atoms. The van der Waals surface area contributed by atoms with E-state index in [1.807, 2.05) is 6.92 Å². The molecule has 1 unspecified atom stereocenters. The van der Waals surface area contributed by atoms with E-state index in [0.29, 0.717) is 49.4 Å². The number of anilines is 2. The molecule has 4 rings (SSSR count). The molecule has 1 aromatic heterocycles. The molecule has 10 nitrogen and oxygen atoms in total. The lowest BCUT2D eigenvalue weighted by atomic mass is 9.87. The number of aliphatic carboxylic acids is 1. The van der Waals surface area contributed by atoms with Crippen molar-refractivity contribution >= 4 is 41.1 Å². The number of carbonyl (C=O) groups excluding carboxylic acids is 1. The summed E-state index contributed by atoms with van der Waals surface area (Å²) in [7, 11) is 0. The molecular weight excluding hydrogens is 469 g/mol. The summed E-state index contributed by atoms with van der Waals surface area (Å²) in [5.74, 6) is -1.99. The van der Waals surface area contributed by atoms with Gasteiger partial charge in [-0.05, 0) is 43.9 Å². The van der Waals surface area contributed by atoms with Crippen LogP contribution in [0, 0.1) is 17.7 Å². The molecule has 0 radical (unpaired) electrons. The van der Waals surface area contributed by atoms with E-state index in [9.17, 15) is 14.0 Å². The van der Waals surface area contributed by atoms with Gasteiger partial charge in [0.2, 0.25) is 0 Å². The van der Waals surface area contributed by atoms with Gasteiger partial charge >= 0.3 is 23.8 Å². The summed E-state index contributed by atoms with van der Waals surface area (Å²) in [6.45, 7) is 1.92. The fourth-order valence-electron chi connectivity index (χ4n) is 3.79. The summed E-state index contributed by atoms with van der Waals surface area (Å²) < 4.78 is 24.6. The standard InChI is InChI=1S/C22H23ClFN5O5/c1-11-8-18(33-14-5-2-12(3-6-14)21(31)32)25-10-17(11)27-19(30)20-28-29-22(34-20)26-13-4-7-16(24)15(23)9-13/h4,7,9-12,14H,2-3,5-6,8H2,1H3,(H,26,29)(H,27,30)(H,31,32). The largest absolute Gasteiger partial charge is 0.481 e. The van der Waals surface area contributed by atoms with E-state index < -0.39 is 17.7 Å². The second-order valence-electron chi connectivity index (χ2n) is 8.26. The lowest BCUT2D eigenvalue weighted by molar-refractivity contribution is -0.143. The van der Waals surface area contributed by atoms with E-state index in [1.165, 1.54) is 24.4 Å². The van der Waals surface area contributed by atoms with Crippen LogP contribution < -0.4 is 10.6 Å².